The van der Waals surface area contributed by atoms with E-state index in [0.29, 0.717) is 12.3 Å². The summed E-state index contributed by atoms with van der Waals surface area (Å²) in [6.45, 7) is 2.87. The van der Waals surface area contributed by atoms with E-state index < -0.39 is 0 Å². The highest BCUT2D eigenvalue weighted by Crippen LogP contribution is 2.20. The Morgan fingerprint density at radius 3 is 2.60 bits per heavy atom. The summed E-state index contributed by atoms with van der Waals surface area (Å²) in [5.41, 5.74) is 2.52. The van der Waals surface area contributed by atoms with E-state index in [2.05, 4.69) is 15.2 Å². The molecule has 1 saturated heterocycles. The quantitative estimate of drug-likeness (QED) is 0.869. The molecule has 3 rings (SSSR count). The molecular formula is C19H20N4O2. The van der Waals surface area contributed by atoms with Gasteiger partial charge in [0.1, 0.15) is 24.1 Å². The summed E-state index contributed by atoms with van der Waals surface area (Å²) in [5, 5.41) is 11.4. The smallest absolute Gasteiger partial charge is 0.225 e. The number of pyridine rings is 1. The molecule has 1 aromatic heterocycles. The van der Waals surface area contributed by atoms with Gasteiger partial charge in [-0.2, -0.15) is 5.26 Å². The van der Waals surface area contributed by atoms with Gasteiger partial charge >= 0.3 is 0 Å². The maximum Gasteiger partial charge on any atom is 0.225 e. The second kappa shape index (κ2) is 7.77. The largest absolute Gasteiger partial charge is 0.489 e. The minimum absolute atomic E-state index is 0.119. The number of aromatic nitrogens is 1. The molecule has 2 heterocycles. The van der Waals surface area contributed by atoms with Crippen LogP contribution in [-0.4, -0.2) is 35.9 Å². The van der Waals surface area contributed by atoms with Gasteiger partial charge in [-0.1, -0.05) is 18.2 Å². The van der Waals surface area contributed by atoms with Crippen molar-refractivity contribution in [2.24, 2.45) is 5.92 Å². The van der Waals surface area contributed by atoms with Crippen LogP contribution in [0.1, 0.15) is 16.8 Å². The molecule has 1 N–H and O–H groups in total. The third-order valence-corrected chi connectivity index (χ3v) is 4.25. The summed E-state index contributed by atoms with van der Waals surface area (Å²) in [5.74, 6) is 1.03. The monoisotopic (exact) mass is 336 g/mol. The molecule has 0 unspecified atom stereocenters. The zero-order valence-electron chi connectivity index (χ0n) is 14.1. The molecule has 1 aliphatic rings. The highest BCUT2D eigenvalue weighted by atomic mass is 16.5. The molecule has 1 aromatic carbocycles. The molecule has 0 radical (unpaired) electrons. The van der Waals surface area contributed by atoms with Gasteiger partial charge in [-0.15, -0.1) is 0 Å². The maximum atomic E-state index is 11.5. The average molecular weight is 336 g/mol. The standard InChI is InChI=1S/C19H20N4O2/c1-21-19(24)16-11-23(12-16)10-14-3-6-18(7-4-14)25-13-15-2-5-17(8-20)22-9-15/h2-7,9,16H,10-13H2,1H3,(H,21,24). The van der Waals surface area contributed by atoms with E-state index in [1.54, 1.807) is 19.3 Å². The second-order valence-corrected chi connectivity index (χ2v) is 6.10. The zero-order valence-corrected chi connectivity index (χ0v) is 14.1. The Balaban J connectivity index is 1.46. The molecule has 128 valence electrons. The number of carbonyl (C=O) groups excluding carboxylic acids is 1. The molecule has 6 nitrogen and oxygen atoms in total. The lowest BCUT2D eigenvalue weighted by Crippen LogP contribution is -2.52. The summed E-state index contributed by atoms with van der Waals surface area (Å²) in [6, 6.07) is 13.5. The Morgan fingerprint density at radius 2 is 2.00 bits per heavy atom. The minimum Gasteiger partial charge on any atom is -0.489 e. The number of nitrogens with zero attached hydrogens (tertiary/aromatic N) is 3. The highest BCUT2D eigenvalue weighted by molar-refractivity contribution is 5.79. The van der Waals surface area contributed by atoms with Crippen molar-refractivity contribution in [1.82, 2.24) is 15.2 Å². The van der Waals surface area contributed by atoms with Crippen molar-refractivity contribution >= 4 is 5.91 Å². The van der Waals surface area contributed by atoms with E-state index in [4.69, 9.17) is 10.00 Å². The summed E-state index contributed by atoms with van der Waals surface area (Å²) < 4.78 is 5.74. The number of nitriles is 1. The lowest BCUT2D eigenvalue weighted by atomic mass is 9.98. The molecule has 1 fully saturated rings. The number of benzene rings is 1. The van der Waals surface area contributed by atoms with Gasteiger partial charge in [0.2, 0.25) is 5.91 Å². The third-order valence-electron chi connectivity index (χ3n) is 4.25. The molecule has 0 saturated carbocycles. The van der Waals surface area contributed by atoms with Crippen molar-refractivity contribution < 1.29 is 9.53 Å². The number of rotatable bonds is 6. The van der Waals surface area contributed by atoms with Crippen LogP contribution >= 0.6 is 0 Å². The van der Waals surface area contributed by atoms with Crippen molar-refractivity contribution in [1.29, 1.82) is 5.26 Å². The van der Waals surface area contributed by atoms with Gasteiger partial charge in [0.05, 0.1) is 5.92 Å². The maximum absolute atomic E-state index is 11.5. The van der Waals surface area contributed by atoms with E-state index in [0.717, 1.165) is 30.9 Å². The molecular weight excluding hydrogens is 316 g/mol. The van der Waals surface area contributed by atoms with E-state index in [1.165, 1.54) is 5.56 Å². The van der Waals surface area contributed by atoms with Crippen LogP contribution in [0.5, 0.6) is 5.75 Å². The van der Waals surface area contributed by atoms with Crippen molar-refractivity contribution in [3.63, 3.8) is 0 Å². The van der Waals surface area contributed by atoms with Crippen LogP contribution in [0.3, 0.4) is 0 Å². The van der Waals surface area contributed by atoms with Crippen LogP contribution in [0.25, 0.3) is 0 Å². The van der Waals surface area contributed by atoms with Gasteiger partial charge in [0.25, 0.3) is 0 Å². The Kier molecular flexibility index (Phi) is 5.26. The summed E-state index contributed by atoms with van der Waals surface area (Å²) in [7, 11) is 1.68. The number of ether oxygens (including phenoxy) is 1. The first-order valence-corrected chi connectivity index (χ1v) is 8.18. The van der Waals surface area contributed by atoms with Gasteiger partial charge in [-0.25, -0.2) is 4.98 Å². The fourth-order valence-corrected chi connectivity index (χ4v) is 2.76. The fraction of sp³-hybridized carbons (Fsp3) is 0.316. The van der Waals surface area contributed by atoms with E-state index >= 15 is 0 Å². The van der Waals surface area contributed by atoms with Crippen molar-refractivity contribution in [3.05, 3.63) is 59.4 Å². The Hall–Kier alpha value is -2.91. The minimum atomic E-state index is 0.119. The number of hydrogen-bond donors (Lipinski definition) is 1. The predicted octanol–water partition coefficient (Wildman–Crippen LogP) is 1.71. The number of carbonyl (C=O) groups is 1. The Bertz CT molecular complexity index is 760. The molecule has 6 heteroatoms. The Labute approximate surface area is 147 Å². The van der Waals surface area contributed by atoms with Crippen LogP contribution in [0.4, 0.5) is 0 Å². The van der Waals surface area contributed by atoms with E-state index in [-0.39, 0.29) is 11.8 Å². The van der Waals surface area contributed by atoms with Gasteiger partial charge < -0.3 is 10.1 Å². The molecule has 1 aliphatic heterocycles. The number of nitrogens with one attached hydrogen (secondary N) is 1. The second-order valence-electron chi connectivity index (χ2n) is 6.10. The Morgan fingerprint density at radius 1 is 1.28 bits per heavy atom. The van der Waals surface area contributed by atoms with Crippen LogP contribution in [0.2, 0.25) is 0 Å². The van der Waals surface area contributed by atoms with Gasteiger partial charge in [-0.3, -0.25) is 9.69 Å². The van der Waals surface area contributed by atoms with Crippen LogP contribution < -0.4 is 10.1 Å². The summed E-state index contributed by atoms with van der Waals surface area (Å²) in [4.78, 5) is 17.8. The summed E-state index contributed by atoms with van der Waals surface area (Å²) in [6.07, 6.45) is 1.65. The SMILES string of the molecule is CNC(=O)C1CN(Cc2ccc(OCc3ccc(C#N)nc3)cc2)C1. The highest BCUT2D eigenvalue weighted by Gasteiger charge is 2.31. The van der Waals surface area contributed by atoms with Crippen molar-refractivity contribution in [3.8, 4) is 11.8 Å². The van der Waals surface area contributed by atoms with Crippen molar-refractivity contribution in [2.75, 3.05) is 20.1 Å². The molecule has 0 bridgehead atoms. The number of amides is 1. The molecule has 0 atom stereocenters. The molecule has 0 spiro atoms. The van der Waals surface area contributed by atoms with Gasteiger partial charge in [0, 0.05) is 38.4 Å². The lowest BCUT2D eigenvalue weighted by Gasteiger charge is -2.38. The van der Waals surface area contributed by atoms with E-state index in [1.807, 2.05) is 36.4 Å². The zero-order chi connectivity index (χ0) is 17.6. The molecule has 2 aromatic rings. The van der Waals surface area contributed by atoms with Crippen LogP contribution in [-0.2, 0) is 17.9 Å². The predicted molar refractivity (Wildman–Crippen MR) is 92.6 cm³/mol. The first-order chi connectivity index (χ1) is 12.2. The van der Waals surface area contributed by atoms with Crippen LogP contribution in [0.15, 0.2) is 42.6 Å². The molecule has 25 heavy (non-hydrogen) atoms. The molecule has 0 aliphatic carbocycles. The van der Waals surface area contributed by atoms with Crippen LogP contribution in [0, 0.1) is 17.2 Å². The number of likely N-dealkylation sites (tertiary alicyclic amines) is 1. The lowest BCUT2D eigenvalue weighted by molar-refractivity contribution is -0.129. The number of hydrogen-bond acceptors (Lipinski definition) is 5. The van der Waals surface area contributed by atoms with E-state index in [9.17, 15) is 4.79 Å². The fourth-order valence-electron chi connectivity index (χ4n) is 2.76. The topological polar surface area (TPSA) is 78.3 Å². The normalized spacial score (nSPS) is 14.4. The van der Waals surface area contributed by atoms with Gasteiger partial charge in [-0.05, 0) is 23.8 Å². The average Bonchev–Trinajstić information content (AvgIpc) is 2.63. The molecule has 1 amide bonds. The van der Waals surface area contributed by atoms with Gasteiger partial charge in [0.15, 0.2) is 0 Å². The first-order valence-electron chi connectivity index (χ1n) is 8.18. The third kappa shape index (κ3) is 4.34. The first kappa shape index (κ1) is 16.9. The summed E-state index contributed by atoms with van der Waals surface area (Å²) >= 11 is 0. The van der Waals surface area contributed by atoms with Crippen molar-refractivity contribution in [2.45, 2.75) is 13.2 Å².